The van der Waals surface area contributed by atoms with Crippen molar-refractivity contribution < 1.29 is 4.79 Å². The molecule has 2 N–H and O–H groups in total. The van der Waals surface area contributed by atoms with Gasteiger partial charge < -0.3 is 15.2 Å². The summed E-state index contributed by atoms with van der Waals surface area (Å²) < 4.78 is 1.90. The summed E-state index contributed by atoms with van der Waals surface area (Å²) in [6.07, 6.45) is 1.91. The largest absolute Gasteiger partial charge is 0.399 e. The topological polar surface area (TPSA) is 64.2 Å². The lowest BCUT2D eigenvalue weighted by Gasteiger charge is -2.19. The van der Waals surface area contributed by atoms with Crippen molar-refractivity contribution in [1.29, 1.82) is 0 Å². The van der Waals surface area contributed by atoms with Crippen molar-refractivity contribution in [3.8, 4) is 11.4 Å². The highest BCUT2D eigenvalue weighted by Gasteiger charge is 2.14. The van der Waals surface area contributed by atoms with Gasteiger partial charge in [-0.2, -0.15) is 0 Å². The van der Waals surface area contributed by atoms with Gasteiger partial charge in [0.1, 0.15) is 12.4 Å². The Balaban J connectivity index is 2.29. The van der Waals surface area contributed by atoms with E-state index < -0.39 is 0 Å². The third-order valence-corrected chi connectivity index (χ3v) is 3.49. The van der Waals surface area contributed by atoms with Crippen LogP contribution in [-0.4, -0.2) is 33.4 Å². The van der Waals surface area contributed by atoms with E-state index in [0.29, 0.717) is 12.2 Å². The van der Waals surface area contributed by atoms with Gasteiger partial charge in [-0.25, -0.2) is 4.98 Å². The van der Waals surface area contributed by atoms with E-state index in [4.69, 9.17) is 5.73 Å². The van der Waals surface area contributed by atoms with E-state index in [1.807, 2.05) is 60.7 Å². The minimum atomic E-state index is 0.106. The molecule has 0 saturated heterocycles. The van der Waals surface area contributed by atoms with Crippen molar-refractivity contribution in [2.45, 2.75) is 27.3 Å². The molecule has 0 aliphatic carbocycles. The second-order valence-corrected chi connectivity index (χ2v) is 5.02. The predicted octanol–water partition coefficient (Wildman–Crippen LogP) is 2.31. The van der Waals surface area contributed by atoms with Crippen molar-refractivity contribution >= 4 is 11.6 Å². The van der Waals surface area contributed by atoms with E-state index in [1.54, 1.807) is 0 Å². The van der Waals surface area contributed by atoms with E-state index >= 15 is 0 Å². The zero-order valence-electron chi connectivity index (χ0n) is 12.8. The smallest absolute Gasteiger partial charge is 0.242 e. The number of nitrogen functional groups attached to an aromatic ring is 1. The number of aromatic nitrogens is 2. The van der Waals surface area contributed by atoms with Crippen LogP contribution in [0, 0.1) is 6.92 Å². The number of nitrogens with two attached hydrogens (primary N) is 1. The lowest BCUT2D eigenvalue weighted by Crippen LogP contribution is -2.33. The highest BCUT2D eigenvalue weighted by molar-refractivity contribution is 5.76. The van der Waals surface area contributed by atoms with Gasteiger partial charge in [-0.05, 0) is 45.0 Å². The highest BCUT2D eigenvalue weighted by Crippen LogP contribution is 2.20. The number of carbonyl (C=O) groups excluding carboxylic acids is 1. The average molecular weight is 286 g/mol. The Kier molecular flexibility index (Phi) is 4.62. The van der Waals surface area contributed by atoms with Gasteiger partial charge in [0, 0.05) is 30.5 Å². The normalized spacial score (nSPS) is 10.6. The summed E-state index contributed by atoms with van der Waals surface area (Å²) in [5, 5.41) is 0. The van der Waals surface area contributed by atoms with Crippen LogP contribution in [0.15, 0.2) is 30.5 Å². The number of hydrogen-bond acceptors (Lipinski definition) is 3. The zero-order chi connectivity index (χ0) is 15.4. The fourth-order valence-electron chi connectivity index (χ4n) is 2.35. The number of likely N-dealkylation sites (N-methyl/N-ethyl adjacent to an activating group) is 1. The molecule has 1 aromatic heterocycles. The number of benzene rings is 1. The highest BCUT2D eigenvalue weighted by atomic mass is 16.2. The second-order valence-electron chi connectivity index (χ2n) is 5.02. The molecular formula is C16H22N4O. The molecule has 0 bridgehead atoms. The Morgan fingerprint density at radius 3 is 2.43 bits per heavy atom. The first kappa shape index (κ1) is 15.1. The quantitative estimate of drug-likeness (QED) is 0.858. The SMILES string of the molecule is CCN(CC)C(=O)Cn1cc(C)nc1-c1ccc(N)cc1. The molecule has 5 heteroatoms. The summed E-state index contributed by atoms with van der Waals surface area (Å²) in [6, 6.07) is 7.54. The van der Waals surface area contributed by atoms with Crippen molar-refractivity contribution in [1.82, 2.24) is 14.5 Å². The summed E-state index contributed by atoms with van der Waals surface area (Å²) in [7, 11) is 0. The van der Waals surface area contributed by atoms with Gasteiger partial charge in [-0.3, -0.25) is 4.79 Å². The van der Waals surface area contributed by atoms with Crippen LogP contribution >= 0.6 is 0 Å². The lowest BCUT2D eigenvalue weighted by molar-refractivity contribution is -0.131. The van der Waals surface area contributed by atoms with E-state index in [1.165, 1.54) is 0 Å². The van der Waals surface area contributed by atoms with Crippen LogP contribution < -0.4 is 5.73 Å². The van der Waals surface area contributed by atoms with Gasteiger partial charge in [0.2, 0.25) is 5.91 Å². The first-order valence-corrected chi connectivity index (χ1v) is 7.22. The van der Waals surface area contributed by atoms with E-state index in [-0.39, 0.29) is 5.91 Å². The Morgan fingerprint density at radius 2 is 1.86 bits per heavy atom. The Bertz CT molecular complexity index is 612. The van der Waals surface area contributed by atoms with Gasteiger partial charge in [-0.15, -0.1) is 0 Å². The number of anilines is 1. The van der Waals surface area contributed by atoms with Gasteiger partial charge in [0.25, 0.3) is 0 Å². The standard InChI is InChI=1S/C16H22N4O/c1-4-19(5-2)15(21)11-20-10-12(3)18-16(20)13-6-8-14(17)9-7-13/h6-10H,4-5,11,17H2,1-3H3. The predicted molar refractivity (Wildman–Crippen MR) is 84.7 cm³/mol. The molecule has 0 atom stereocenters. The van der Waals surface area contributed by atoms with Gasteiger partial charge in [-0.1, -0.05) is 0 Å². The Morgan fingerprint density at radius 1 is 1.24 bits per heavy atom. The maximum absolute atomic E-state index is 12.3. The molecule has 112 valence electrons. The van der Waals surface area contributed by atoms with Crippen molar-refractivity contribution in [2.75, 3.05) is 18.8 Å². The summed E-state index contributed by atoms with van der Waals surface area (Å²) in [4.78, 5) is 18.6. The maximum Gasteiger partial charge on any atom is 0.242 e. The summed E-state index contributed by atoms with van der Waals surface area (Å²) >= 11 is 0. The molecule has 0 aliphatic rings. The number of rotatable bonds is 5. The number of imidazole rings is 1. The molecule has 1 heterocycles. The van der Waals surface area contributed by atoms with Crippen LogP contribution in [0.4, 0.5) is 5.69 Å². The molecule has 0 aliphatic heterocycles. The molecule has 0 fully saturated rings. The third-order valence-electron chi connectivity index (χ3n) is 3.49. The third kappa shape index (κ3) is 3.42. The maximum atomic E-state index is 12.3. The molecule has 1 aromatic carbocycles. The molecule has 5 nitrogen and oxygen atoms in total. The number of aryl methyl sites for hydroxylation is 1. The summed E-state index contributed by atoms with van der Waals surface area (Å²) in [5.74, 6) is 0.905. The van der Waals surface area contributed by atoms with Crippen molar-refractivity contribution in [3.63, 3.8) is 0 Å². The van der Waals surface area contributed by atoms with Crippen molar-refractivity contribution in [3.05, 3.63) is 36.2 Å². The fraction of sp³-hybridized carbons (Fsp3) is 0.375. The molecular weight excluding hydrogens is 264 g/mol. The van der Waals surface area contributed by atoms with E-state index in [0.717, 1.165) is 30.2 Å². The summed E-state index contributed by atoms with van der Waals surface area (Å²) in [6.45, 7) is 7.66. The van der Waals surface area contributed by atoms with Gasteiger partial charge in [0.15, 0.2) is 0 Å². The fourth-order valence-corrected chi connectivity index (χ4v) is 2.35. The molecule has 0 unspecified atom stereocenters. The average Bonchev–Trinajstić information content (AvgIpc) is 2.81. The van der Waals surface area contributed by atoms with Crippen LogP contribution in [0.5, 0.6) is 0 Å². The van der Waals surface area contributed by atoms with Crippen LogP contribution in [0.25, 0.3) is 11.4 Å². The van der Waals surface area contributed by atoms with E-state index in [2.05, 4.69) is 4.98 Å². The number of nitrogens with zero attached hydrogens (tertiary/aromatic N) is 3. The first-order chi connectivity index (χ1) is 10.0. The molecule has 0 spiro atoms. The van der Waals surface area contributed by atoms with Crippen LogP contribution in [0.3, 0.4) is 0 Å². The van der Waals surface area contributed by atoms with Crippen molar-refractivity contribution in [2.24, 2.45) is 0 Å². The minimum absolute atomic E-state index is 0.106. The van der Waals surface area contributed by atoms with Crippen LogP contribution in [-0.2, 0) is 11.3 Å². The van der Waals surface area contributed by atoms with E-state index in [9.17, 15) is 4.79 Å². The summed E-state index contributed by atoms with van der Waals surface area (Å²) in [5.41, 5.74) is 8.29. The number of amides is 1. The van der Waals surface area contributed by atoms with Crippen LogP contribution in [0.1, 0.15) is 19.5 Å². The lowest BCUT2D eigenvalue weighted by atomic mass is 10.2. The van der Waals surface area contributed by atoms with Gasteiger partial charge >= 0.3 is 0 Å². The minimum Gasteiger partial charge on any atom is -0.399 e. The molecule has 1 amide bonds. The second kappa shape index (κ2) is 6.43. The molecule has 0 saturated carbocycles. The van der Waals surface area contributed by atoms with Crippen LogP contribution in [0.2, 0.25) is 0 Å². The molecule has 0 radical (unpaired) electrons. The molecule has 2 aromatic rings. The Hall–Kier alpha value is -2.30. The monoisotopic (exact) mass is 286 g/mol. The Labute approximate surface area is 125 Å². The number of hydrogen-bond donors (Lipinski definition) is 1. The first-order valence-electron chi connectivity index (χ1n) is 7.22. The number of carbonyl (C=O) groups is 1. The van der Waals surface area contributed by atoms with Gasteiger partial charge in [0.05, 0.1) is 5.69 Å². The molecule has 21 heavy (non-hydrogen) atoms. The zero-order valence-corrected chi connectivity index (χ0v) is 12.8. The molecule has 2 rings (SSSR count).